The lowest BCUT2D eigenvalue weighted by atomic mass is 9.95. The summed E-state index contributed by atoms with van der Waals surface area (Å²) in [7, 11) is 0. The number of nitrogens with one attached hydrogen (secondary N) is 1. The molecule has 2 nitrogen and oxygen atoms in total. The normalized spacial score (nSPS) is 19.8. The minimum atomic E-state index is -0.360. The lowest BCUT2D eigenvalue weighted by molar-refractivity contribution is 0.144. The minimum Gasteiger partial charge on any atom is -0.388 e. The number of benzene rings is 2. The van der Waals surface area contributed by atoms with E-state index in [0.717, 1.165) is 24.9 Å². The van der Waals surface area contributed by atoms with Crippen LogP contribution in [0.2, 0.25) is 0 Å². The standard InChI is InChI=1S/C20H25NO/c22-20(15-19-8-4-5-13-21-19)18-11-9-17(10-12-18)14-16-6-2-1-3-7-16/h1-3,6-7,9-12,19-22H,4-5,8,13-15H2. The number of aliphatic hydroxyl groups excluding tert-OH is 1. The first-order valence-corrected chi connectivity index (χ1v) is 8.35. The number of rotatable bonds is 5. The van der Waals surface area contributed by atoms with Crippen LogP contribution in [0.15, 0.2) is 54.6 Å². The number of hydrogen-bond donors (Lipinski definition) is 2. The first kappa shape index (κ1) is 15.3. The van der Waals surface area contributed by atoms with E-state index in [1.807, 2.05) is 6.07 Å². The van der Waals surface area contributed by atoms with Crippen molar-refractivity contribution in [1.82, 2.24) is 5.32 Å². The first-order chi connectivity index (χ1) is 10.8. The molecular weight excluding hydrogens is 270 g/mol. The highest BCUT2D eigenvalue weighted by Gasteiger charge is 2.17. The van der Waals surface area contributed by atoms with Crippen LogP contribution in [0, 0.1) is 0 Å². The molecule has 2 unspecified atom stereocenters. The Labute approximate surface area is 133 Å². The number of piperidine rings is 1. The predicted octanol–water partition coefficient (Wildman–Crippen LogP) is 3.84. The van der Waals surface area contributed by atoms with Crippen LogP contribution in [0.4, 0.5) is 0 Å². The van der Waals surface area contributed by atoms with Gasteiger partial charge in [-0.3, -0.25) is 0 Å². The molecule has 1 heterocycles. The van der Waals surface area contributed by atoms with E-state index in [1.54, 1.807) is 0 Å². The van der Waals surface area contributed by atoms with Gasteiger partial charge in [-0.1, -0.05) is 61.0 Å². The van der Waals surface area contributed by atoms with Gasteiger partial charge in [-0.2, -0.15) is 0 Å². The van der Waals surface area contributed by atoms with Crippen molar-refractivity contribution in [2.75, 3.05) is 6.54 Å². The summed E-state index contributed by atoms with van der Waals surface area (Å²) in [6.07, 6.45) is 5.13. The summed E-state index contributed by atoms with van der Waals surface area (Å²) in [5.74, 6) is 0. The molecule has 0 spiro atoms. The predicted molar refractivity (Wildman–Crippen MR) is 90.9 cm³/mol. The Kier molecular flexibility index (Phi) is 5.25. The smallest absolute Gasteiger partial charge is 0.0804 e. The van der Waals surface area contributed by atoms with Gasteiger partial charge in [0.2, 0.25) is 0 Å². The molecule has 0 aliphatic carbocycles. The van der Waals surface area contributed by atoms with Crippen molar-refractivity contribution >= 4 is 0 Å². The van der Waals surface area contributed by atoms with E-state index in [0.29, 0.717) is 6.04 Å². The van der Waals surface area contributed by atoms with Crippen molar-refractivity contribution in [2.45, 2.75) is 44.2 Å². The van der Waals surface area contributed by atoms with Crippen LogP contribution < -0.4 is 5.32 Å². The summed E-state index contributed by atoms with van der Waals surface area (Å²) in [6.45, 7) is 1.09. The summed E-state index contributed by atoms with van der Waals surface area (Å²) < 4.78 is 0. The summed E-state index contributed by atoms with van der Waals surface area (Å²) in [5, 5.41) is 13.9. The Morgan fingerprint density at radius 3 is 2.36 bits per heavy atom. The summed E-state index contributed by atoms with van der Waals surface area (Å²) in [5.41, 5.74) is 3.64. The molecule has 2 atom stereocenters. The molecule has 0 amide bonds. The van der Waals surface area contributed by atoms with Crippen molar-refractivity contribution in [3.05, 3.63) is 71.3 Å². The molecule has 1 aliphatic rings. The van der Waals surface area contributed by atoms with Gasteiger partial charge in [0, 0.05) is 6.04 Å². The number of hydrogen-bond acceptors (Lipinski definition) is 2. The van der Waals surface area contributed by atoms with Gasteiger partial charge in [0.05, 0.1) is 6.10 Å². The fraction of sp³-hybridized carbons (Fsp3) is 0.400. The molecule has 0 saturated carbocycles. The summed E-state index contributed by atoms with van der Waals surface area (Å²) in [4.78, 5) is 0. The molecule has 1 saturated heterocycles. The average Bonchev–Trinajstić information content (AvgIpc) is 2.57. The second-order valence-electron chi connectivity index (χ2n) is 6.30. The Bertz CT molecular complexity index is 558. The van der Waals surface area contributed by atoms with Crippen LogP contribution in [0.1, 0.15) is 48.5 Å². The van der Waals surface area contributed by atoms with Crippen molar-refractivity contribution in [2.24, 2.45) is 0 Å². The molecule has 2 aromatic carbocycles. The van der Waals surface area contributed by atoms with Crippen molar-refractivity contribution in [3.63, 3.8) is 0 Å². The van der Waals surface area contributed by atoms with Crippen molar-refractivity contribution in [3.8, 4) is 0 Å². The van der Waals surface area contributed by atoms with Gasteiger partial charge in [0.25, 0.3) is 0 Å². The molecule has 0 bridgehead atoms. The maximum Gasteiger partial charge on any atom is 0.0804 e. The summed E-state index contributed by atoms with van der Waals surface area (Å²) >= 11 is 0. The van der Waals surface area contributed by atoms with Crippen LogP contribution >= 0.6 is 0 Å². The van der Waals surface area contributed by atoms with E-state index in [1.165, 1.54) is 30.4 Å². The fourth-order valence-electron chi connectivity index (χ4n) is 3.22. The zero-order chi connectivity index (χ0) is 15.2. The van der Waals surface area contributed by atoms with Gasteiger partial charge < -0.3 is 10.4 Å². The number of aliphatic hydroxyl groups is 1. The molecule has 3 rings (SSSR count). The molecular formula is C20H25NO. The monoisotopic (exact) mass is 295 g/mol. The second-order valence-corrected chi connectivity index (χ2v) is 6.30. The molecule has 1 aliphatic heterocycles. The topological polar surface area (TPSA) is 32.3 Å². The van der Waals surface area contributed by atoms with E-state index in [4.69, 9.17) is 0 Å². The van der Waals surface area contributed by atoms with E-state index >= 15 is 0 Å². The highest BCUT2D eigenvalue weighted by atomic mass is 16.3. The third-order valence-corrected chi connectivity index (χ3v) is 4.54. The zero-order valence-corrected chi connectivity index (χ0v) is 13.0. The van der Waals surface area contributed by atoms with Gasteiger partial charge in [0.1, 0.15) is 0 Å². The van der Waals surface area contributed by atoms with Crippen LogP contribution in [-0.2, 0) is 6.42 Å². The highest BCUT2D eigenvalue weighted by molar-refractivity contribution is 5.29. The molecule has 2 N–H and O–H groups in total. The molecule has 22 heavy (non-hydrogen) atoms. The van der Waals surface area contributed by atoms with Crippen molar-refractivity contribution < 1.29 is 5.11 Å². The Morgan fingerprint density at radius 2 is 1.68 bits per heavy atom. The lowest BCUT2D eigenvalue weighted by Crippen LogP contribution is -2.35. The second kappa shape index (κ2) is 7.57. The molecule has 2 aromatic rings. The van der Waals surface area contributed by atoms with Gasteiger partial charge in [0.15, 0.2) is 0 Å². The van der Waals surface area contributed by atoms with Gasteiger partial charge in [-0.15, -0.1) is 0 Å². The lowest BCUT2D eigenvalue weighted by Gasteiger charge is -2.25. The maximum atomic E-state index is 10.4. The molecule has 116 valence electrons. The average molecular weight is 295 g/mol. The van der Waals surface area contributed by atoms with Gasteiger partial charge in [-0.25, -0.2) is 0 Å². The third kappa shape index (κ3) is 4.19. The first-order valence-electron chi connectivity index (χ1n) is 8.35. The molecule has 1 fully saturated rings. The quantitative estimate of drug-likeness (QED) is 0.878. The maximum absolute atomic E-state index is 10.4. The Hall–Kier alpha value is -1.64. The van der Waals surface area contributed by atoms with Gasteiger partial charge >= 0.3 is 0 Å². The Balaban J connectivity index is 1.58. The van der Waals surface area contributed by atoms with E-state index in [9.17, 15) is 5.11 Å². The SMILES string of the molecule is OC(CC1CCCCN1)c1ccc(Cc2ccccc2)cc1. The van der Waals surface area contributed by atoms with Crippen LogP contribution in [-0.4, -0.2) is 17.7 Å². The van der Waals surface area contributed by atoms with Crippen LogP contribution in [0.3, 0.4) is 0 Å². The zero-order valence-electron chi connectivity index (χ0n) is 13.0. The third-order valence-electron chi connectivity index (χ3n) is 4.54. The molecule has 0 radical (unpaired) electrons. The minimum absolute atomic E-state index is 0.360. The molecule has 2 heteroatoms. The molecule has 0 aromatic heterocycles. The van der Waals surface area contributed by atoms with Gasteiger partial charge in [-0.05, 0) is 48.9 Å². The van der Waals surface area contributed by atoms with Crippen molar-refractivity contribution in [1.29, 1.82) is 0 Å². The Morgan fingerprint density at radius 1 is 0.955 bits per heavy atom. The highest BCUT2D eigenvalue weighted by Crippen LogP contribution is 2.23. The van der Waals surface area contributed by atoms with E-state index in [-0.39, 0.29) is 6.10 Å². The van der Waals surface area contributed by atoms with E-state index < -0.39 is 0 Å². The van der Waals surface area contributed by atoms with Crippen LogP contribution in [0.5, 0.6) is 0 Å². The largest absolute Gasteiger partial charge is 0.388 e. The fourth-order valence-corrected chi connectivity index (χ4v) is 3.22. The van der Waals surface area contributed by atoms with Crippen LogP contribution in [0.25, 0.3) is 0 Å². The summed E-state index contributed by atoms with van der Waals surface area (Å²) in [6, 6.07) is 19.4. The van der Waals surface area contributed by atoms with E-state index in [2.05, 4.69) is 53.8 Å².